The van der Waals surface area contributed by atoms with Gasteiger partial charge >= 0.3 is 0 Å². The number of nitrogens with one attached hydrogen (secondary N) is 2. The predicted molar refractivity (Wildman–Crippen MR) is 103 cm³/mol. The summed E-state index contributed by atoms with van der Waals surface area (Å²) in [7, 11) is -2.31. The lowest BCUT2D eigenvalue weighted by Crippen LogP contribution is -2.40. The second kappa shape index (κ2) is 7.93. The first-order chi connectivity index (χ1) is 12.5. The largest absolute Gasteiger partial charge is 0.497 e. The van der Waals surface area contributed by atoms with E-state index < -0.39 is 20.5 Å². The molecule has 0 heterocycles. The Morgan fingerprint density at radius 3 is 2.44 bits per heavy atom. The molecule has 146 valence electrons. The Balaban J connectivity index is 2.29. The number of nitrogens with zero attached hydrogens (tertiary/aromatic N) is 1. The second-order valence-electron chi connectivity index (χ2n) is 7.00. The van der Waals surface area contributed by atoms with Crippen molar-refractivity contribution in [1.29, 1.82) is 0 Å². The van der Waals surface area contributed by atoms with Crippen LogP contribution in [0.15, 0.2) is 47.4 Å². The van der Waals surface area contributed by atoms with Gasteiger partial charge in [-0.05, 0) is 50.6 Å². The van der Waals surface area contributed by atoms with E-state index in [2.05, 4.69) is 10.0 Å². The van der Waals surface area contributed by atoms with Gasteiger partial charge in [0.15, 0.2) is 0 Å². The van der Waals surface area contributed by atoms with Crippen LogP contribution in [0.25, 0.3) is 0 Å². The average molecular weight is 393 g/mol. The van der Waals surface area contributed by atoms with Crippen molar-refractivity contribution >= 4 is 21.4 Å². The van der Waals surface area contributed by atoms with E-state index in [-0.39, 0.29) is 16.3 Å². The molecule has 2 N–H and O–H groups in total. The van der Waals surface area contributed by atoms with Crippen LogP contribution >= 0.6 is 0 Å². The van der Waals surface area contributed by atoms with Crippen molar-refractivity contribution in [3.8, 4) is 5.75 Å². The smallest absolute Gasteiger partial charge is 0.293 e. The summed E-state index contributed by atoms with van der Waals surface area (Å²) in [4.78, 5) is 10.7. The van der Waals surface area contributed by atoms with Crippen molar-refractivity contribution in [3.05, 3.63) is 58.1 Å². The van der Waals surface area contributed by atoms with Gasteiger partial charge in [-0.2, -0.15) is 0 Å². The van der Waals surface area contributed by atoms with Crippen LogP contribution in [0.2, 0.25) is 0 Å². The summed E-state index contributed by atoms with van der Waals surface area (Å²) in [6, 6.07) is 11.1. The zero-order valence-corrected chi connectivity index (χ0v) is 16.5. The van der Waals surface area contributed by atoms with E-state index in [4.69, 9.17) is 4.74 Å². The number of anilines is 1. The molecule has 0 amide bonds. The van der Waals surface area contributed by atoms with Crippen molar-refractivity contribution in [3.63, 3.8) is 0 Å². The highest BCUT2D eigenvalue weighted by Crippen LogP contribution is 2.28. The summed E-state index contributed by atoms with van der Waals surface area (Å²) in [5.74, 6) is 0.679. The van der Waals surface area contributed by atoms with Gasteiger partial charge in [-0.1, -0.05) is 12.1 Å². The third kappa shape index (κ3) is 5.66. The van der Waals surface area contributed by atoms with Crippen LogP contribution in [-0.4, -0.2) is 26.0 Å². The summed E-state index contributed by atoms with van der Waals surface area (Å²) in [5.41, 5.74) is 0.0960. The van der Waals surface area contributed by atoms with Gasteiger partial charge in [0.05, 0.1) is 16.9 Å². The van der Waals surface area contributed by atoms with E-state index >= 15 is 0 Å². The van der Waals surface area contributed by atoms with Gasteiger partial charge < -0.3 is 10.1 Å². The topological polar surface area (TPSA) is 111 Å². The molecule has 0 aliphatic heterocycles. The molecule has 2 rings (SSSR count). The van der Waals surface area contributed by atoms with Crippen molar-refractivity contribution in [1.82, 2.24) is 4.72 Å². The number of sulfonamides is 1. The molecular weight excluding hydrogens is 370 g/mol. The van der Waals surface area contributed by atoms with Crippen LogP contribution in [0.3, 0.4) is 0 Å². The SMILES string of the molecule is COc1cccc(CNc2ccc(S(=O)(=O)NC(C)(C)C)cc2[N+](=O)[O-])c1. The van der Waals surface area contributed by atoms with Crippen molar-refractivity contribution in [2.24, 2.45) is 0 Å². The molecule has 8 nitrogen and oxygen atoms in total. The molecule has 0 aromatic heterocycles. The van der Waals surface area contributed by atoms with Crippen LogP contribution in [0.4, 0.5) is 11.4 Å². The Kier molecular flexibility index (Phi) is 6.07. The molecule has 2 aromatic carbocycles. The molecule has 0 aliphatic rings. The molecule has 2 aromatic rings. The number of hydrogen-bond acceptors (Lipinski definition) is 6. The van der Waals surface area contributed by atoms with E-state index in [0.717, 1.165) is 11.6 Å². The maximum absolute atomic E-state index is 12.4. The van der Waals surface area contributed by atoms with Gasteiger partial charge in [0, 0.05) is 18.2 Å². The summed E-state index contributed by atoms with van der Waals surface area (Å²) in [6.45, 7) is 5.42. The van der Waals surface area contributed by atoms with Gasteiger partial charge in [0.2, 0.25) is 10.0 Å². The van der Waals surface area contributed by atoms with E-state index in [9.17, 15) is 18.5 Å². The summed E-state index contributed by atoms with van der Waals surface area (Å²) >= 11 is 0. The zero-order chi connectivity index (χ0) is 20.2. The summed E-state index contributed by atoms with van der Waals surface area (Å²) in [5, 5.41) is 14.4. The number of methoxy groups -OCH3 is 1. The van der Waals surface area contributed by atoms with Crippen molar-refractivity contribution < 1.29 is 18.1 Å². The fraction of sp³-hybridized carbons (Fsp3) is 0.333. The molecule has 0 saturated carbocycles. The number of rotatable bonds is 7. The average Bonchev–Trinajstić information content (AvgIpc) is 2.57. The maximum atomic E-state index is 12.4. The first-order valence-electron chi connectivity index (χ1n) is 8.21. The molecule has 0 aliphatic carbocycles. The lowest BCUT2D eigenvalue weighted by Gasteiger charge is -2.20. The molecule has 0 bridgehead atoms. The molecule has 0 spiro atoms. The zero-order valence-electron chi connectivity index (χ0n) is 15.6. The normalized spacial score (nSPS) is 11.9. The fourth-order valence-corrected chi connectivity index (χ4v) is 3.86. The minimum atomic E-state index is -3.87. The number of nitro groups is 1. The molecular formula is C18H23N3O5S. The van der Waals surface area contributed by atoms with E-state index in [1.54, 1.807) is 33.9 Å². The highest BCUT2D eigenvalue weighted by Gasteiger charge is 2.25. The summed E-state index contributed by atoms with van der Waals surface area (Å²) < 4.78 is 32.5. The maximum Gasteiger partial charge on any atom is 0.293 e. The predicted octanol–water partition coefficient (Wildman–Crippen LogP) is 3.29. The third-order valence-electron chi connectivity index (χ3n) is 3.53. The second-order valence-corrected chi connectivity index (χ2v) is 8.68. The minimum Gasteiger partial charge on any atom is -0.497 e. The lowest BCUT2D eigenvalue weighted by atomic mass is 10.1. The molecule has 27 heavy (non-hydrogen) atoms. The minimum absolute atomic E-state index is 0.156. The quantitative estimate of drug-likeness (QED) is 0.552. The highest BCUT2D eigenvalue weighted by atomic mass is 32.2. The van der Waals surface area contributed by atoms with Crippen molar-refractivity contribution in [2.75, 3.05) is 12.4 Å². The van der Waals surface area contributed by atoms with Crippen LogP contribution in [0.1, 0.15) is 26.3 Å². The molecule has 0 atom stereocenters. The molecule has 0 unspecified atom stereocenters. The van der Waals surface area contributed by atoms with E-state index in [1.165, 1.54) is 12.1 Å². The lowest BCUT2D eigenvalue weighted by molar-refractivity contribution is -0.384. The third-order valence-corrected chi connectivity index (χ3v) is 5.29. The fourth-order valence-electron chi connectivity index (χ4n) is 2.42. The Labute approximate surface area is 158 Å². The standard InChI is InChI=1S/C18H23N3O5S/c1-18(2,3)20-27(24,25)15-8-9-16(17(11-15)21(22)23)19-12-13-6-5-7-14(10-13)26-4/h5-11,19-20H,12H2,1-4H3. The highest BCUT2D eigenvalue weighted by molar-refractivity contribution is 7.89. The van der Waals surface area contributed by atoms with Gasteiger partial charge in [-0.15, -0.1) is 0 Å². The summed E-state index contributed by atoms with van der Waals surface area (Å²) in [6.07, 6.45) is 0. The molecule has 0 fully saturated rings. The Morgan fingerprint density at radius 1 is 1.15 bits per heavy atom. The van der Waals surface area contributed by atoms with Gasteiger partial charge in [-0.3, -0.25) is 10.1 Å². The van der Waals surface area contributed by atoms with Gasteiger partial charge in [0.25, 0.3) is 5.69 Å². The first-order valence-corrected chi connectivity index (χ1v) is 9.69. The van der Waals surface area contributed by atoms with Crippen molar-refractivity contribution in [2.45, 2.75) is 37.8 Å². The molecule has 9 heteroatoms. The van der Waals surface area contributed by atoms with Gasteiger partial charge in [-0.25, -0.2) is 13.1 Å². The Hall–Kier alpha value is -2.65. The number of ether oxygens (including phenoxy) is 1. The Bertz CT molecular complexity index is 936. The number of benzene rings is 2. The molecule has 0 radical (unpaired) electrons. The Morgan fingerprint density at radius 2 is 1.85 bits per heavy atom. The van der Waals surface area contributed by atoms with Gasteiger partial charge in [0.1, 0.15) is 11.4 Å². The van der Waals surface area contributed by atoms with Crippen LogP contribution in [0, 0.1) is 10.1 Å². The van der Waals surface area contributed by atoms with E-state index in [0.29, 0.717) is 12.3 Å². The number of nitro benzene ring substituents is 1. The van der Waals surface area contributed by atoms with Crippen LogP contribution in [-0.2, 0) is 16.6 Å². The first kappa shape index (κ1) is 20.7. The molecule has 0 saturated heterocycles. The monoisotopic (exact) mass is 393 g/mol. The number of hydrogen-bond donors (Lipinski definition) is 2. The van der Waals surface area contributed by atoms with Crippen LogP contribution in [0.5, 0.6) is 5.75 Å². The van der Waals surface area contributed by atoms with E-state index in [1.807, 2.05) is 18.2 Å². The van der Waals surface area contributed by atoms with Crippen LogP contribution < -0.4 is 14.8 Å².